The van der Waals surface area contributed by atoms with Crippen LogP contribution in [0.1, 0.15) is 57.5 Å². The van der Waals surface area contributed by atoms with E-state index in [0.29, 0.717) is 37.4 Å². The van der Waals surface area contributed by atoms with Gasteiger partial charge in [0.1, 0.15) is 13.2 Å². The number of ether oxygens (including phenoxy) is 2. The van der Waals surface area contributed by atoms with Crippen LogP contribution in [0.4, 0.5) is 0 Å². The minimum atomic E-state index is -0.528. The predicted octanol–water partition coefficient (Wildman–Crippen LogP) is 3.02. The molecule has 2 amide bonds. The topological polar surface area (TPSA) is 81.9 Å². The van der Waals surface area contributed by atoms with E-state index >= 15 is 0 Å². The van der Waals surface area contributed by atoms with Crippen LogP contribution in [0.15, 0.2) is 36.4 Å². The normalized spacial score (nSPS) is 19.1. The molecule has 2 heterocycles. The van der Waals surface area contributed by atoms with Crippen LogP contribution in [0, 0.1) is 0 Å². The first-order chi connectivity index (χ1) is 14.1. The van der Waals surface area contributed by atoms with Crippen molar-refractivity contribution in [2.45, 2.75) is 37.6 Å². The lowest BCUT2D eigenvalue weighted by atomic mass is 9.73. The highest BCUT2D eigenvalue weighted by Crippen LogP contribution is 2.49. The second-order valence-corrected chi connectivity index (χ2v) is 8.25. The van der Waals surface area contributed by atoms with Gasteiger partial charge in [-0.1, -0.05) is 18.9 Å². The van der Waals surface area contributed by atoms with E-state index in [0.717, 1.165) is 42.7 Å². The third kappa shape index (κ3) is 3.03. The molecule has 5 rings (SSSR count). The zero-order valence-electron chi connectivity index (χ0n) is 16.3. The highest BCUT2D eigenvalue weighted by atomic mass is 16.6. The maximum atomic E-state index is 13.3. The van der Waals surface area contributed by atoms with Gasteiger partial charge in [-0.05, 0) is 54.3 Å². The van der Waals surface area contributed by atoms with Crippen molar-refractivity contribution in [3.63, 3.8) is 0 Å². The number of fused-ring (bicyclic) bond motifs is 3. The lowest BCUT2D eigenvalue weighted by molar-refractivity contribution is 0.0669. The largest absolute Gasteiger partial charge is 0.486 e. The van der Waals surface area contributed by atoms with Crippen molar-refractivity contribution in [3.05, 3.63) is 58.7 Å². The molecule has 150 valence electrons. The zero-order valence-corrected chi connectivity index (χ0v) is 16.3. The summed E-state index contributed by atoms with van der Waals surface area (Å²) in [7, 11) is 0. The lowest BCUT2D eigenvalue weighted by Crippen LogP contribution is -2.47. The fourth-order valence-electron chi connectivity index (χ4n) is 5.08. The van der Waals surface area contributed by atoms with Crippen molar-refractivity contribution in [3.8, 4) is 11.5 Å². The number of nitrogens with zero attached hydrogens (tertiary/aromatic N) is 1. The third-order valence-corrected chi connectivity index (χ3v) is 6.44. The number of hydrogen-bond acceptors (Lipinski definition) is 4. The van der Waals surface area contributed by atoms with Crippen LogP contribution in [0.3, 0.4) is 0 Å². The Morgan fingerprint density at radius 1 is 0.966 bits per heavy atom. The molecule has 1 spiro atoms. The van der Waals surface area contributed by atoms with Gasteiger partial charge in [0.25, 0.3) is 5.91 Å². The first kappa shape index (κ1) is 18.0. The molecule has 2 aromatic rings. The van der Waals surface area contributed by atoms with Crippen molar-refractivity contribution in [1.29, 1.82) is 0 Å². The first-order valence-electron chi connectivity index (χ1n) is 10.2. The summed E-state index contributed by atoms with van der Waals surface area (Å²) in [6.45, 7) is 2.31. The molecule has 29 heavy (non-hydrogen) atoms. The molecule has 2 aliphatic heterocycles. The Balaban J connectivity index is 1.53. The van der Waals surface area contributed by atoms with Gasteiger partial charge in [0.2, 0.25) is 5.91 Å². The predicted molar refractivity (Wildman–Crippen MR) is 107 cm³/mol. The monoisotopic (exact) mass is 392 g/mol. The maximum Gasteiger partial charge on any atom is 0.254 e. The van der Waals surface area contributed by atoms with E-state index in [2.05, 4.69) is 6.07 Å². The lowest BCUT2D eigenvalue weighted by Gasteiger charge is -2.43. The second kappa shape index (κ2) is 6.79. The molecule has 1 saturated carbocycles. The Morgan fingerprint density at radius 3 is 2.38 bits per heavy atom. The maximum absolute atomic E-state index is 13.3. The fourth-order valence-corrected chi connectivity index (χ4v) is 5.08. The second-order valence-electron chi connectivity index (χ2n) is 8.25. The van der Waals surface area contributed by atoms with Gasteiger partial charge < -0.3 is 20.1 Å². The molecular formula is C23H24N2O4. The van der Waals surface area contributed by atoms with E-state index in [9.17, 15) is 9.59 Å². The Hall–Kier alpha value is -3.02. The minimum absolute atomic E-state index is 0.0413. The van der Waals surface area contributed by atoms with Crippen LogP contribution in [-0.4, -0.2) is 36.5 Å². The molecule has 1 aliphatic carbocycles. The highest BCUT2D eigenvalue weighted by molar-refractivity contribution is 5.99. The van der Waals surface area contributed by atoms with E-state index in [1.807, 2.05) is 11.0 Å². The molecule has 0 radical (unpaired) electrons. The van der Waals surface area contributed by atoms with E-state index in [1.165, 1.54) is 5.56 Å². The smallest absolute Gasteiger partial charge is 0.254 e. The summed E-state index contributed by atoms with van der Waals surface area (Å²) >= 11 is 0. The Kier molecular flexibility index (Phi) is 4.23. The van der Waals surface area contributed by atoms with Crippen molar-refractivity contribution in [1.82, 2.24) is 4.90 Å². The minimum Gasteiger partial charge on any atom is -0.486 e. The van der Waals surface area contributed by atoms with Crippen molar-refractivity contribution in [2.75, 3.05) is 19.8 Å². The summed E-state index contributed by atoms with van der Waals surface area (Å²) in [4.78, 5) is 26.8. The number of benzene rings is 2. The first-order valence-corrected chi connectivity index (χ1v) is 10.2. The molecule has 1 fully saturated rings. The van der Waals surface area contributed by atoms with Crippen LogP contribution >= 0.6 is 0 Å². The molecule has 2 N–H and O–H groups in total. The number of primary amides is 1. The average Bonchev–Trinajstić information content (AvgIpc) is 3.21. The van der Waals surface area contributed by atoms with Crippen LogP contribution in [-0.2, 0) is 12.0 Å². The number of carbonyl (C=O) groups excluding carboxylic acids is 2. The average molecular weight is 392 g/mol. The molecule has 0 aromatic heterocycles. The fraction of sp³-hybridized carbons (Fsp3) is 0.391. The van der Waals surface area contributed by atoms with Crippen molar-refractivity contribution in [2.24, 2.45) is 5.73 Å². The Morgan fingerprint density at radius 2 is 1.66 bits per heavy atom. The van der Waals surface area contributed by atoms with Gasteiger partial charge in [0, 0.05) is 29.6 Å². The summed E-state index contributed by atoms with van der Waals surface area (Å²) in [6.07, 6.45) is 4.44. The quantitative estimate of drug-likeness (QED) is 0.852. The van der Waals surface area contributed by atoms with Gasteiger partial charge in [-0.3, -0.25) is 9.59 Å². The molecular weight excluding hydrogens is 368 g/mol. The molecule has 0 saturated heterocycles. The summed E-state index contributed by atoms with van der Waals surface area (Å²) in [5.74, 6) is 0.975. The van der Waals surface area contributed by atoms with Crippen molar-refractivity contribution >= 4 is 11.8 Å². The Bertz CT molecular complexity index is 994. The van der Waals surface area contributed by atoms with E-state index in [4.69, 9.17) is 15.2 Å². The van der Waals surface area contributed by atoms with Gasteiger partial charge in [0.15, 0.2) is 11.5 Å². The Labute approximate surface area is 169 Å². The van der Waals surface area contributed by atoms with Crippen molar-refractivity contribution < 1.29 is 19.1 Å². The van der Waals surface area contributed by atoms with Gasteiger partial charge in [-0.25, -0.2) is 0 Å². The SMILES string of the molecule is NC(=O)c1cccc(C(=O)N2Cc3cc4c(cc3C3(CCCC3)C2)OCCO4)c1. The summed E-state index contributed by atoms with van der Waals surface area (Å²) in [5, 5.41) is 0. The number of carbonyl (C=O) groups is 2. The van der Waals surface area contributed by atoms with Gasteiger partial charge in [-0.2, -0.15) is 0 Å². The van der Waals surface area contributed by atoms with Crippen LogP contribution in [0.25, 0.3) is 0 Å². The van der Waals surface area contributed by atoms with Crippen LogP contribution < -0.4 is 15.2 Å². The molecule has 6 heteroatoms. The number of rotatable bonds is 2. The van der Waals surface area contributed by atoms with E-state index < -0.39 is 5.91 Å². The van der Waals surface area contributed by atoms with Crippen LogP contribution in [0.2, 0.25) is 0 Å². The molecule has 6 nitrogen and oxygen atoms in total. The molecule has 0 bridgehead atoms. The van der Waals surface area contributed by atoms with E-state index in [1.54, 1.807) is 24.3 Å². The summed E-state index contributed by atoms with van der Waals surface area (Å²) < 4.78 is 11.6. The van der Waals surface area contributed by atoms with E-state index in [-0.39, 0.29) is 11.3 Å². The number of hydrogen-bond donors (Lipinski definition) is 1. The summed E-state index contributed by atoms with van der Waals surface area (Å²) in [6, 6.07) is 10.9. The standard InChI is InChI=1S/C23H24N2O4/c24-21(26)15-4-3-5-16(10-15)22(27)25-13-17-11-19-20(29-9-8-28-19)12-18(17)23(14-25)6-1-2-7-23/h3-5,10-12H,1-2,6-9,13-14H2,(H2,24,26). The van der Waals surface area contributed by atoms with Gasteiger partial charge in [-0.15, -0.1) is 0 Å². The molecule has 0 unspecified atom stereocenters. The number of amides is 2. The number of nitrogens with two attached hydrogens (primary N) is 1. The molecule has 2 aromatic carbocycles. The third-order valence-electron chi connectivity index (χ3n) is 6.44. The van der Waals surface area contributed by atoms with Crippen LogP contribution in [0.5, 0.6) is 11.5 Å². The molecule has 3 aliphatic rings. The van der Waals surface area contributed by atoms with Gasteiger partial charge in [0.05, 0.1) is 0 Å². The molecule has 0 atom stereocenters. The summed E-state index contributed by atoms with van der Waals surface area (Å²) in [5.41, 5.74) is 8.63. The zero-order chi connectivity index (χ0) is 20.0. The highest BCUT2D eigenvalue weighted by Gasteiger charge is 2.44. The van der Waals surface area contributed by atoms with Gasteiger partial charge >= 0.3 is 0 Å².